The molecule has 0 amide bonds. The van der Waals surface area contributed by atoms with Crippen LogP contribution >= 0.6 is 15.9 Å². The highest BCUT2D eigenvalue weighted by atomic mass is 79.9. The third-order valence-electron chi connectivity index (χ3n) is 3.26. The second kappa shape index (κ2) is 5.14. The average Bonchev–Trinajstić information content (AvgIpc) is 3.02. The van der Waals surface area contributed by atoms with Crippen LogP contribution < -0.4 is 4.74 Å². The topological polar surface area (TPSA) is 27.1 Å². The highest BCUT2D eigenvalue weighted by Gasteiger charge is 2.17. The first-order valence-electron chi connectivity index (χ1n) is 6.29. The molecule has 1 heterocycles. The molecule has 0 N–H and O–H groups in total. The van der Waals surface area contributed by atoms with E-state index in [9.17, 15) is 0 Å². The first-order valence-corrected chi connectivity index (χ1v) is 7.08. The molecule has 0 bridgehead atoms. The van der Waals surface area contributed by atoms with Crippen molar-refractivity contribution in [3.63, 3.8) is 0 Å². The molecule has 94 valence electrons. The molecule has 3 nitrogen and oxygen atoms in total. The molecular formula is C14H15BrN2O. The van der Waals surface area contributed by atoms with Gasteiger partial charge >= 0.3 is 0 Å². The zero-order valence-corrected chi connectivity index (χ0v) is 11.6. The number of nitrogens with zero attached hydrogens (tertiary/aromatic N) is 2. The molecule has 1 fully saturated rings. The van der Waals surface area contributed by atoms with Gasteiger partial charge in [0.1, 0.15) is 0 Å². The molecule has 1 aliphatic carbocycles. The van der Waals surface area contributed by atoms with Crippen LogP contribution in [0, 0.1) is 0 Å². The fourth-order valence-electron chi connectivity index (χ4n) is 2.34. The molecule has 1 aliphatic rings. The van der Waals surface area contributed by atoms with Crippen molar-refractivity contribution in [1.82, 2.24) is 9.78 Å². The Labute approximate surface area is 115 Å². The van der Waals surface area contributed by atoms with Crippen LogP contribution in [0.1, 0.15) is 25.7 Å². The van der Waals surface area contributed by atoms with Gasteiger partial charge < -0.3 is 4.74 Å². The molecule has 2 aromatic rings. The van der Waals surface area contributed by atoms with Crippen LogP contribution in [0.15, 0.2) is 41.1 Å². The summed E-state index contributed by atoms with van der Waals surface area (Å²) >= 11 is 3.53. The monoisotopic (exact) mass is 306 g/mol. The van der Waals surface area contributed by atoms with Crippen molar-refractivity contribution in [2.24, 2.45) is 0 Å². The zero-order chi connectivity index (χ0) is 12.4. The minimum absolute atomic E-state index is 0.377. The lowest BCUT2D eigenvalue weighted by Gasteiger charge is -2.10. The van der Waals surface area contributed by atoms with Crippen LogP contribution in [-0.4, -0.2) is 15.9 Å². The van der Waals surface area contributed by atoms with Crippen molar-refractivity contribution in [3.8, 4) is 11.4 Å². The molecule has 4 heteroatoms. The lowest BCUT2D eigenvalue weighted by molar-refractivity contribution is 0.210. The standard InChI is InChI=1S/C14H15BrN2O/c15-13-7-3-4-8-14(13)17-10-12(9-16-17)18-11-5-1-2-6-11/h3-4,7-11H,1-2,5-6H2. The summed E-state index contributed by atoms with van der Waals surface area (Å²) in [5.41, 5.74) is 1.03. The molecule has 1 aromatic heterocycles. The molecule has 1 aromatic carbocycles. The smallest absolute Gasteiger partial charge is 0.158 e. The van der Waals surface area contributed by atoms with E-state index in [0.29, 0.717) is 6.10 Å². The fourth-order valence-corrected chi connectivity index (χ4v) is 2.80. The number of hydrogen-bond acceptors (Lipinski definition) is 2. The number of rotatable bonds is 3. The number of aromatic nitrogens is 2. The summed E-state index contributed by atoms with van der Waals surface area (Å²) in [4.78, 5) is 0. The molecule has 0 atom stereocenters. The van der Waals surface area contributed by atoms with Crippen molar-refractivity contribution < 1.29 is 4.74 Å². The lowest BCUT2D eigenvalue weighted by Crippen LogP contribution is -2.10. The summed E-state index contributed by atoms with van der Waals surface area (Å²) < 4.78 is 8.79. The predicted molar refractivity (Wildman–Crippen MR) is 74.1 cm³/mol. The van der Waals surface area contributed by atoms with Crippen molar-refractivity contribution in [2.45, 2.75) is 31.8 Å². The van der Waals surface area contributed by atoms with Gasteiger partial charge in [-0.1, -0.05) is 12.1 Å². The maximum atomic E-state index is 5.92. The van der Waals surface area contributed by atoms with Crippen LogP contribution in [0.4, 0.5) is 0 Å². The Balaban J connectivity index is 1.79. The molecule has 0 saturated heterocycles. The third kappa shape index (κ3) is 2.43. The Bertz CT molecular complexity index is 532. The van der Waals surface area contributed by atoms with E-state index in [0.717, 1.165) is 15.9 Å². The minimum atomic E-state index is 0.377. The number of benzene rings is 1. The molecule has 0 unspecified atom stereocenters. The average molecular weight is 307 g/mol. The molecule has 0 aliphatic heterocycles. The summed E-state index contributed by atoms with van der Waals surface area (Å²) in [6, 6.07) is 8.03. The lowest BCUT2D eigenvalue weighted by atomic mass is 10.3. The number of hydrogen-bond donors (Lipinski definition) is 0. The van der Waals surface area contributed by atoms with Gasteiger partial charge in [0.15, 0.2) is 5.75 Å². The van der Waals surface area contributed by atoms with Crippen molar-refractivity contribution in [3.05, 3.63) is 41.1 Å². The maximum Gasteiger partial charge on any atom is 0.158 e. The van der Waals surface area contributed by atoms with Gasteiger partial charge in [0.25, 0.3) is 0 Å². The van der Waals surface area contributed by atoms with Crippen LogP contribution in [0.25, 0.3) is 5.69 Å². The normalized spacial score (nSPS) is 16.1. The van der Waals surface area contributed by atoms with Gasteiger partial charge in [0.05, 0.1) is 24.2 Å². The van der Waals surface area contributed by atoms with Crippen LogP contribution in [-0.2, 0) is 0 Å². The van der Waals surface area contributed by atoms with E-state index in [1.54, 1.807) is 6.20 Å². The predicted octanol–water partition coefficient (Wildman–Crippen LogP) is 3.96. The van der Waals surface area contributed by atoms with Crippen LogP contribution in [0.3, 0.4) is 0 Å². The Kier molecular flexibility index (Phi) is 3.37. The Morgan fingerprint density at radius 2 is 2.00 bits per heavy atom. The molecule has 0 radical (unpaired) electrons. The molecule has 18 heavy (non-hydrogen) atoms. The number of ether oxygens (including phenoxy) is 1. The van der Waals surface area contributed by atoms with E-state index in [1.807, 2.05) is 35.1 Å². The second-order valence-electron chi connectivity index (χ2n) is 4.60. The van der Waals surface area contributed by atoms with E-state index < -0.39 is 0 Å². The van der Waals surface area contributed by atoms with E-state index in [4.69, 9.17) is 4.74 Å². The van der Waals surface area contributed by atoms with Crippen LogP contribution in [0.5, 0.6) is 5.75 Å². The maximum absolute atomic E-state index is 5.92. The summed E-state index contributed by atoms with van der Waals surface area (Å²) in [6.45, 7) is 0. The van der Waals surface area contributed by atoms with Gasteiger partial charge in [-0.15, -0.1) is 0 Å². The van der Waals surface area contributed by atoms with E-state index in [-0.39, 0.29) is 0 Å². The summed E-state index contributed by atoms with van der Waals surface area (Å²) in [5, 5.41) is 4.35. The van der Waals surface area contributed by atoms with E-state index >= 15 is 0 Å². The molecule has 0 spiro atoms. The van der Waals surface area contributed by atoms with E-state index in [2.05, 4.69) is 21.0 Å². The Morgan fingerprint density at radius 1 is 1.22 bits per heavy atom. The van der Waals surface area contributed by atoms with Crippen molar-refractivity contribution in [1.29, 1.82) is 0 Å². The Morgan fingerprint density at radius 3 is 2.78 bits per heavy atom. The summed E-state index contributed by atoms with van der Waals surface area (Å²) in [5.74, 6) is 0.859. The van der Waals surface area contributed by atoms with Gasteiger partial charge in [-0.05, 0) is 53.7 Å². The van der Waals surface area contributed by atoms with Crippen molar-refractivity contribution in [2.75, 3.05) is 0 Å². The fraction of sp³-hybridized carbons (Fsp3) is 0.357. The third-order valence-corrected chi connectivity index (χ3v) is 3.93. The van der Waals surface area contributed by atoms with Gasteiger partial charge in [0.2, 0.25) is 0 Å². The van der Waals surface area contributed by atoms with Gasteiger partial charge in [0, 0.05) is 4.47 Å². The highest BCUT2D eigenvalue weighted by molar-refractivity contribution is 9.10. The highest BCUT2D eigenvalue weighted by Crippen LogP contribution is 2.25. The van der Waals surface area contributed by atoms with E-state index in [1.165, 1.54) is 25.7 Å². The molecule has 1 saturated carbocycles. The number of para-hydroxylation sites is 1. The molecular weight excluding hydrogens is 292 g/mol. The van der Waals surface area contributed by atoms with Crippen LogP contribution in [0.2, 0.25) is 0 Å². The summed E-state index contributed by atoms with van der Waals surface area (Å²) in [6.07, 6.45) is 9.00. The van der Waals surface area contributed by atoms with Gasteiger partial charge in [-0.25, -0.2) is 4.68 Å². The zero-order valence-electron chi connectivity index (χ0n) is 10.1. The SMILES string of the molecule is Brc1ccccc1-n1cc(OC2CCCC2)cn1. The summed E-state index contributed by atoms with van der Waals surface area (Å²) in [7, 11) is 0. The quantitative estimate of drug-likeness (QED) is 0.858. The van der Waals surface area contributed by atoms with Crippen molar-refractivity contribution >= 4 is 15.9 Å². The minimum Gasteiger partial charge on any atom is -0.487 e. The second-order valence-corrected chi connectivity index (χ2v) is 5.45. The van der Waals surface area contributed by atoms with Gasteiger partial charge in [-0.2, -0.15) is 5.10 Å². The molecule has 3 rings (SSSR count). The Hall–Kier alpha value is -1.29. The first-order chi connectivity index (χ1) is 8.83. The van der Waals surface area contributed by atoms with Gasteiger partial charge in [-0.3, -0.25) is 0 Å². The largest absolute Gasteiger partial charge is 0.487 e. The number of halogens is 1. The first kappa shape index (κ1) is 11.8.